The van der Waals surface area contributed by atoms with Gasteiger partial charge in [0.1, 0.15) is 5.82 Å². The number of carbonyl (C=O) groups excluding carboxylic acids is 1. The molecule has 0 bridgehead atoms. The molecule has 0 aliphatic carbocycles. The van der Waals surface area contributed by atoms with Crippen LogP contribution in [0.5, 0.6) is 0 Å². The van der Waals surface area contributed by atoms with Crippen molar-refractivity contribution in [1.29, 1.82) is 0 Å². The first-order valence-corrected chi connectivity index (χ1v) is 7.77. The van der Waals surface area contributed by atoms with Crippen molar-refractivity contribution in [2.45, 2.75) is 12.8 Å². The van der Waals surface area contributed by atoms with Crippen LogP contribution in [-0.2, 0) is 17.6 Å². The molecule has 3 nitrogen and oxygen atoms in total. The monoisotopic (exact) mass is 330 g/mol. The van der Waals surface area contributed by atoms with E-state index in [1.54, 1.807) is 24.3 Å². The average Bonchev–Trinajstić information content (AvgIpc) is 2.91. The summed E-state index contributed by atoms with van der Waals surface area (Å²) in [5, 5.41) is 4.47. The van der Waals surface area contributed by atoms with Gasteiger partial charge >= 0.3 is 0 Å². The van der Waals surface area contributed by atoms with Crippen LogP contribution in [0.1, 0.15) is 11.1 Å². The van der Waals surface area contributed by atoms with Crippen LogP contribution in [0.25, 0.3) is 10.9 Å². The number of halogens is 2. The van der Waals surface area contributed by atoms with E-state index in [2.05, 4.69) is 10.3 Å². The highest BCUT2D eigenvalue weighted by atomic mass is 35.5. The minimum absolute atomic E-state index is 0.0859. The number of benzene rings is 2. The Balaban J connectivity index is 1.58. The number of amides is 1. The zero-order valence-electron chi connectivity index (χ0n) is 12.4. The second-order valence-electron chi connectivity index (χ2n) is 5.37. The van der Waals surface area contributed by atoms with Gasteiger partial charge < -0.3 is 10.3 Å². The smallest absolute Gasteiger partial charge is 0.224 e. The fourth-order valence-electron chi connectivity index (χ4n) is 2.58. The van der Waals surface area contributed by atoms with Gasteiger partial charge in [-0.1, -0.05) is 35.9 Å². The van der Waals surface area contributed by atoms with Crippen molar-refractivity contribution in [1.82, 2.24) is 10.3 Å². The van der Waals surface area contributed by atoms with Crippen molar-refractivity contribution in [2.24, 2.45) is 0 Å². The lowest BCUT2D eigenvalue weighted by Crippen LogP contribution is -2.27. The summed E-state index contributed by atoms with van der Waals surface area (Å²) in [6, 6.07) is 12.1. The van der Waals surface area contributed by atoms with Crippen LogP contribution in [0.2, 0.25) is 5.02 Å². The minimum Gasteiger partial charge on any atom is -0.361 e. The maximum absolute atomic E-state index is 13.5. The van der Waals surface area contributed by atoms with E-state index in [9.17, 15) is 9.18 Å². The molecule has 118 valence electrons. The van der Waals surface area contributed by atoms with E-state index in [1.807, 2.05) is 18.3 Å². The third-order valence-corrected chi connectivity index (χ3v) is 3.99. The van der Waals surface area contributed by atoms with Crippen LogP contribution in [0.15, 0.2) is 48.7 Å². The largest absolute Gasteiger partial charge is 0.361 e. The van der Waals surface area contributed by atoms with Gasteiger partial charge in [0.2, 0.25) is 5.91 Å². The highest BCUT2D eigenvalue weighted by molar-refractivity contribution is 6.31. The molecule has 1 aromatic heterocycles. The van der Waals surface area contributed by atoms with Crippen LogP contribution in [0.4, 0.5) is 4.39 Å². The highest BCUT2D eigenvalue weighted by Crippen LogP contribution is 2.22. The normalized spacial score (nSPS) is 10.9. The zero-order valence-corrected chi connectivity index (χ0v) is 13.2. The van der Waals surface area contributed by atoms with Gasteiger partial charge in [0.15, 0.2) is 0 Å². The van der Waals surface area contributed by atoms with Crippen LogP contribution >= 0.6 is 11.6 Å². The predicted molar refractivity (Wildman–Crippen MR) is 90.1 cm³/mol. The molecule has 2 N–H and O–H groups in total. The Morgan fingerprint density at radius 3 is 2.83 bits per heavy atom. The molecule has 0 aliphatic heterocycles. The molecule has 2 aromatic carbocycles. The van der Waals surface area contributed by atoms with Gasteiger partial charge in [-0.15, -0.1) is 0 Å². The lowest BCUT2D eigenvalue weighted by molar-refractivity contribution is -0.120. The molecule has 1 heterocycles. The summed E-state index contributed by atoms with van der Waals surface area (Å²) >= 11 is 5.94. The maximum atomic E-state index is 13.5. The Morgan fingerprint density at radius 1 is 1.17 bits per heavy atom. The standard InChI is InChI=1S/C18H16ClFN2O/c19-14-5-6-15-13(11-22-17(15)10-14)9-18(23)21-8-7-12-3-1-2-4-16(12)20/h1-6,10-11,22H,7-9H2,(H,21,23). The Hall–Kier alpha value is -2.33. The molecule has 0 spiro atoms. The summed E-state index contributed by atoms with van der Waals surface area (Å²) < 4.78 is 13.5. The Labute approximate surface area is 138 Å². The molecule has 0 fully saturated rings. The van der Waals surface area contributed by atoms with Crippen molar-refractivity contribution < 1.29 is 9.18 Å². The fourth-order valence-corrected chi connectivity index (χ4v) is 2.75. The molecule has 1 amide bonds. The van der Waals surface area contributed by atoms with E-state index in [0.717, 1.165) is 16.5 Å². The van der Waals surface area contributed by atoms with Gasteiger partial charge in [-0.2, -0.15) is 0 Å². The van der Waals surface area contributed by atoms with Crippen LogP contribution in [-0.4, -0.2) is 17.4 Å². The fraction of sp³-hybridized carbons (Fsp3) is 0.167. The van der Waals surface area contributed by atoms with Gasteiger partial charge in [-0.25, -0.2) is 4.39 Å². The van der Waals surface area contributed by atoms with E-state index in [-0.39, 0.29) is 18.1 Å². The summed E-state index contributed by atoms with van der Waals surface area (Å²) in [7, 11) is 0. The van der Waals surface area contributed by atoms with Crippen molar-refractivity contribution in [3.63, 3.8) is 0 Å². The van der Waals surface area contributed by atoms with E-state index < -0.39 is 0 Å². The molecule has 0 saturated carbocycles. The van der Waals surface area contributed by atoms with Gasteiger partial charge in [-0.05, 0) is 35.7 Å². The summed E-state index contributed by atoms with van der Waals surface area (Å²) in [6.45, 7) is 0.411. The molecule has 0 saturated heterocycles. The number of rotatable bonds is 5. The molecule has 0 unspecified atom stereocenters. The van der Waals surface area contributed by atoms with Crippen LogP contribution in [0, 0.1) is 5.82 Å². The van der Waals surface area contributed by atoms with Crippen molar-refractivity contribution in [3.8, 4) is 0 Å². The van der Waals surface area contributed by atoms with Crippen molar-refractivity contribution in [2.75, 3.05) is 6.54 Å². The quantitative estimate of drug-likeness (QED) is 0.733. The summed E-state index contributed by atoms with van der Waals surface area (Å²) in [5.74, 6) is -0.326. The van der Waals surface area contributed by atoms with Crippen LogP contribution < -0.4 is 5.32 Å². The molecular formula is C18H16ClFN2O. The third kappa shape index (κ3) is 3.71. The van der Waals surface area contributed by atoms with Gasteiger partial charge in [0, 0.05) is 28.7 Å². The number of aromatic amines is 1. The summed E-state index contributed by atoms with van der Waals surface area (Å²) in [5.41, 5.74) is 2.43. The summed E-state index contributed by atoms with van der Waals surface area (Å²) in [6.07, 6.45) is 2.57. The van der Waals surface area contributed by atoms with E-state index in [0.29, 0.717) is 23.6 Å². The van der Waals surface area contributed by atoms with Gasteiger partial charge in [-0.3, -0.25) is 4.79 Å². The molecule has 23 heavy (non-hydrogen) atoms. The lowest BCUT2D eigenvalue weighted by Gasteiger charge is -2.06. The highest BCUT2D eigenvalue weighted by Gasteiger charge is 2.09. The Kier molecular flexibility index (Phi) is 4.63. The second-order valence-corrected chi connectivity index (χ2v) is 5.81. The first-order valence-electron chi connectivity index (χ1n) is 7.39. The first kappa shape index (κ1) is 15.6. The third-order valence-electron chi connectivity index (χ3n) is 3.75. The molecule has 0 radical (unpaired) electrons. The predicted octanol–water partition coefficient (Wildman–Crippen LogP) is 3.86. The minimum atomic E-state index is -0.241. The Bertz CT molecular complexity index is 844. The first-order chi connectivity index (χ1) is 11.1. The molecule has 5 heteroatoms. The van der Waals surface area contributed by atoms with Gasteiger partial charge in [0.05, 0.1) is 6.42 Å². The van der Waals surface area contributed by atoms with E-state index in [1.165, 1.54) is 6.07 Å². The molecule has 3 aromatic rings. The number of hydrogen-bond donors (Lipinski definition) is 2. The zero-order chi connectivity index (χ0) is 16.2. The van der Waals surface area contributed by atoms with E-state index in [4.69, 9.17) is 11.6 Å². The molecule has 0 aliphatic rings. The lowest BCUT2D eigenvalue weighted by atomic mass is 10.1. The number of aromatic nitrogens is 1. The number of nitrogens with one attached hydrogen (secondary N) is 2. The maximum Gasteiger partial charge on any atom is 0.224 e. The molecule has 3 rings (SSSR count). The number of fused-ring (bicyclic) bond motifs is 1. The molecule has 0 atom stereocenters. The van der Waals surface area contributed by atoms with E-state index >= 15 is 0 Å². The Morgan fingerprint density at radius 2 is 2.00 bits per heavy atom. The molecular weight excluding hydrogens is 315 g/mol. The number of hydrogen-bond acceptors (Lipinski definition) is 1. The second kappa shape index (κ2) is 6.84. The van der Waals surface area contributed by atoms with Crippen molar-refractivity contribution >= 4 is 28.4 Å². The SMILES string of the molecule is O=C(Cc1c[nH]c2cc(Cl)ccc12)NCCc1ccccc1F. The summed E-state index contributed by atoms with van der Waals surface area (Å²) in [4.78, 5) is 15.2. The number of carbonyl (C=O) groups is 1. The van der Waals surface area contributed by atoms with Crippen LogP contribution in [0.3, 0.4) is 0 Å². The average molecular weight is 331 g/mol. The topological polar surface area (TPSA) is 44.9 Å². The van der Waals surface area contributed by atoms with Crippen molar-refractivity contribution in [3.05, 3.63) is 70.6 Å². The van der Waals surface area contributed by atoms with Gasteiger partial charge in [0.25, 0.3) is 0 Å². The number of H-pyrrole nitrogens is 1.